The van der Waals surface area contributed by atoms with E-state index in [1.54, 1.807) is 6.20 Å². The van der Waals surface area contributed by atoms with E-state index in [4.69, 9.17) is 33.0 Å². The molecular formula is C33H43Cl2N7O4S. The molecule has 1 amide bonds. The van der Waals surface area contributed by atoms with E-state index in [1.807, 2.05) is 11.0 Å². The van der Waals surface area contributed by atoms with Crippen LogP contribution in [0.5, 0.6) is 0 Å². The number of ether oxygens (including phenoxy) is 1. The molecule has 1 aromatic carbocycles. The molecule has 14 heteroatoms. The number of sulfone groups is 1. The monoisotopic (exact) mass is 703 g/mol. The van der Waals surface area contributed by atoms with E-state index in [-0.39, 0.29) is 41.1 Å². The quantitative estimate of drug-likeness (QED) is 0.361. The molecule has 11 nitrogen and oxygen atoms in total. The van der Waals surface area contributed by atoms with Gasteiger partial charge in [0.25, 0.3) is 0 Å². The number of benzene rings is 1. The summed E-state index contributed by atoms with van der Waals surface area (Å²) >= 11 is 13.7. The summed E-state index contributed by atoms with van der Waals surface area (Å²) in [5, 5.41) is 14.6. The van der Waals surface area contributed by atoms with Crippen LogP contribution in [0.3, 0.4) is 0 Å². The third-order valence-corrected chi connectivity index (χ3v) is 13.3. The molecular weight excluding hydrogens is 661 g/mol. The summed E-state index contributed by atoms with van der Waals surface area (Å²) in [6.45, 7) is 14.6. The smallest absolute Gasteiger partial charge is 0.245 e. The Kier molecular flexibility index (Phi) is 8.64. The Balaban J connectivity index is 1.22. The fourth-order valence-electron chi connectivity index (χ4n) is 8.50. The number of rotatable bonds is 6. The van der Waals surface area contributed by atoms with E-state index in [0.29, 0.717) is 35.7 Å². The second-order valence-electron chi connectivity index (χ2n) is 14.2. The standard InChI is InChI=1S/C33H43Cl2N7O4S/c1-5-28(43)39-9-7-22(8-10-39)42-20(2)29(30-23-16-36-37-25(23)14-24(34)31(30)35)32(38-42)41-11-6-21(15-33(41,3)4)17-40-12-13-46-27-19-47(44,45)18-26(27)40/h5,14,16,21-22,26-27H,1,6-13,15,17-19H2,2-4H3,(H,36,37)/t21-,26?,27?/m1/s1. The van der Waals surface area contributed by atoms with Crippen LogP contribution in [0.25, 0.3) is 22.0 Å². The van der Waals surface area contributed by atoms with Gasteiger partial charge in [-0.25, -0.2) is 8.42 Å². The Hall–Kier alpha value is -2.64. The first-order chi connectivity index (χ1) is 22.4. The van der Waals surface area contributed by atoms with E-state index in [1.165, 1.54) is 6.08 Å². The van der Waals surface area contributed by atoms with Crippen molar-refractivity contribution in [1.29, 1.82) is 0 Å². The topological polar surface area (TPSA) is 117 Å². The summed E-state index contributed by atoms with van der Waals surface area (Å²) in [4.78, 5) is 18.9. The van der Waals surface area contributed by atoms with E-state index in [2.05, 4.69) is 52.0 Å². The molecule has 3 atom stereocenters. The maximum absolute atomic E-state index is 12.4. The van der Waals surface area contributed by atoms with Gasteiger partial charge in [0.2, 0.25) is 5.91 Å². The molecule has 0 saturated carbocycles. The molecule has 4 aliphatic heterocycles. The first kappa shape index (κ1) is 32.9. The van der Waals surface area contributed by atoms with Crippen molar-refractivity contribution in [3.63, 3.8) is 0 Å². The zero-order valence-electron chi connectivity index (χ0n) is 27.2. The predicted molar refractivity (Wildman–Crippen MR) is 185 cm³/mol. The average molecular weight is 705 g/mol. The number of hydrogen-bond donors (Lipinski definition) is 1. The SMILES string of the molecule is C=CC(=O)N1CCC(n2nc(N3CC[C@@H](CN4CCOC5CS(=O)(=O)CC54)CC3(C)C)c(-c3c(Cl)c(Cl)cc4[nH]ncc34)c2C)CC1. The van der Waals surface area contributed by atoms with Crippen molar-refractivity contribution in [2.45, 2.75) is 70.2 Å². The Bertz CT molecular complexity index is 1810. The minimum Gasteiger partial charge on any atom is -0.374 e. The number of nitrogens with one attached hydrogen (secondary N) is 1. The van der Waals surface area contributed by atoms with Crippen LogP contribution in [-0.4, -0.2) is 113 Å². The highest BCUT2D eigenvalue weighted by Crippen LogP contribution is 2.48. The number of morpholine rings is 1. The lowest BCUT2D eigenvalue weighted by atomic mass is 9.81. The average Bonchev–Trinajstić information content (AvgIpc) is 3.72. The zero-order chi connectivity index (χ0) is 33.2. The number of carbonyl (C=O) groups excluding carboxylic acids is 1. The van der Waals surface area contributed by atoms with Gasteiger partial charge in [0.1, 0.15) is 0 Å². The molecule has 47 heavy (non-hydrogen) atoms. The van der Waals surface area contributed by atoms with E-state index in [0.717, 1.165) is 78.9 Å². The Morgan fingerprint density at radius 2 is 1.91 bits per heavy atom. The van der Waals surface area contributed by atoms with Crippen molar-refractivity contribution in [3.05, 3.63) is 40.7 Å². The first-order valence-corrected chi connectivity index (χ1v) is 19.1. The molecule has 0 bridgehead atoms. The van der Waals surface area contributed by atoms with Gasteiger partial charge in [0, 0.05) is 60.5 Å². The van der Waals surface area contributed by atoms with Crippen molar-refractivity contribution < 1.29 is 17.9 Å². The number of carbonyl (C=O) groups is 1. The van der Waals surface area contributed by atoms with E-state index >= 15 is 0 Å². The maximum Gasteiger partial charge on any atom is 0.245 e. The van der Waals surface area contributed by atoms with Crippen LogP contribution in [0, 0.1) is 12.8 Å². The number of H-pyrrole nitrogens is 1. The Labute approximate surface area is 286 Å². The number of anilines is 1. The van der Waals surface area contributed by atoms with Crippen molar-refractivity contribution in [2.75, 3.05) is 55.7 Å². The third kappa shape index (κ3) is 5.98. The number of hydrogen-bond acceptors (Lipinski definition) is 8. The summed E-state index contributed by atoms with van der Waals surface area (Å²) < 4.78 is 32.9. The van der Waals surface area contributed by atoms with Gasteiger partial charge >= 0.3 is 0 Å². The zero-order valence-corrected chi connectivity index (χ0v) is 29.5. The number of amides is 1. The summed E-state index contributed by atoms with van der Waals surface area (Å²) in [6.07, 6.45) is 6.40. The normalized spacial score (nSPS) is 26.5. The van der Waals surface area contributed by atoms with Gasteiger partial charge in [0.05, 0.1) is 58.1 Å². The molecule has 2 aromatic heterocycles. The second kappa shape index (κ2) is 12.4. The molecule has 4 saturated heterocycles. The van der Waals surface area contributed by atoms with Crippen LogP contribution in [-0.2, 0) is 19.4 Å². The highest BCUT2D eigenvalue weighted by molar-refractivity contribution is 7.91. The van der Waals surface area contributed by atoms with Crippen molar-refractivity contribution in [3.8, 4) is 11.1 Å². The number of likely N-dealkylation sites (tertiary alicyclic amines) is 1. The molecule has 0 radical (unpaired) electrons. The molecule has 0 spiro atoms. The summed E-state index contributed by atoms with van der Waals surface area (Å²) in [6, 6.07) is 1.87. The highest BCUT2D eigenvalue weighted by Gasteiger charge is 2.46. The van der Waals surface area contributed by atoms with Gasteiger partial charge < -0.3 is 14.5 Å². The second-order valence-corrected chi connectivity index (χ2v) is 17.2. The Morgan fingerprint density at radius 3 is 2.64 bits per heavy atom. The molecule has 3 aromatic rings. The molecule has 4 aliphatic rings. The molecule has 4 fully saturated rings. The number of fused-ring (bicyclic) bond motifs is 2. The van der Waals surface area contributed by atoms with Gasteiger partial charge in [-0.3, -0.25) is 19.5 Å². The van der Waals surface area contributed by atoms with Gasteiger partial charge in [-0.15, -0.1) is 0 Å². The maximum atomic E-state index is 12.4. The molecule has 1 N–H and O–H groups in total. The van der Waals surface area contributed by atoms with Gasteiger partial charge in [-0.2, -0.15) is 10.2 Å². The fourth-order valence-corrected chi connectivity index (χ4v) is 10.9. The van der Waals surface area contributed by atoms with Crippen molar-refractivity contribution in [1.82, 2.24) is 29.8 Å². The molecule has 0 aliphatic carbocycles. The molecule has 2 unspecified atom stereocenters. The minimum absolute atomic E-state index is 0.0400. The highest BCUT2D eigenvalue weighted by atomic mass is 35.5. The number of aromatic nitrogens is 4. The van der Waals surface area contributed by atoms with Crippen LogP contribution >= 0.6 is 23.2 Å². The summed E-state index contributed by atoms with van der Waals surface area (Å²) in [5.41, 5.74) is 3.32. The predicted octanol–water partition coefficient (Wildman–Crippen LogP) is 4.88. The number of nitrogens with zero attached hydrogens (tertiary/aromatic N) is 6. The summed E-state index contributed by atoms with van der Waals surface area (Å²) in [7, 11) is -3.08. The molecule has 7 rings (SSSR count). The lowest BCUT2D eigenvalue weighted by molar-refractivity contribution is -0.127. The minimum atomic E-state index is -3.08. The van der Waals surface area contributed by atoms with E-state index < -0.39 is 9.84 Å². The van der Waals surface area contributed by atoms with Gasteiger partial charge in [0.15, 0.2) is 15.7 Å². The number of piperidine rings is 2. The van der Waals surface area contributed by atoms with Crippen LogP contribution < -0.4 is 4.90 Å². The molecule has 254 valence electrons. The van der Waals surface area contributed by atoms with Crippen molar-refractivity contribution >= 4 is 55.7 Å². The van der Waals surface area contributed by atoms with Gasteiger partial charge in [-0.1, -0.05) is 29.8 Å². The number of aromatic amines is 1. The number of halogens is 2. The van der Waals surface area contributed by atoms with Crippen LogP contribution in [0.1, 0.15) is 51.3 Å². The van der Waals surface area contributed by atoms with Crippen LogP contribution in [0.2, 0.25) is 10.0 Å². The third-order valence-electron chi connectivity index (χ3n) is 10.8. The lowest BCUT2D eigenvalue weighted by Gasteiger charge is -2.48. The van der Waals surface area contributed by atoms with Crippen LogP contribution in [0.15, 0.2) is 24.9 Å². The van der Waals surface area contributed by atoms with Gasteiger partial charge in [-0.05, 0) is 64.5 Å². The van der Waals surface area contributed by atoms with Crippen LogP contribution in [0.4, 0.5) is 5.82 Å². The fraction of sp³-hybridized carbons (Fsp3) is 0.606. The largest absolute Gasteiger partial charge is 0.374 e. The lowest BCUT2D eigenvalue weighted by Crippen LogP contribution is -2.56. The van der Waals surface area contributed by atoms with E-state index in [9.17, 15) is 13.2 Å². The summed E-state index contributed by atoms with van der Waals surface area (Å²) in [5.74, 6) is 1.54. The molecule has 6 heterocycles. The Morgan fingerprint density at radius 1 is 1.15 bits per heavy atom. The van der Waals surface area contributed by atoms with Crippen molar-refractivity contribution in [2.24, 2.45) is 5.92 Å². The first-order valence-electron chi connectivity index (χ1n) is 16.5.